The van der Waals surface area contributed by atoms with Crippen molar-refractivity contribution in [1.29, 1.82) is 0 Å². The van der Waals surface area contributed by atoms with Crippen molar-refractivity contribution in [3.8, 4) is 0 Å². The molecule has 5 heteroatoms. The smallest absolute Gasteiger partial charge is 0.179 e. The molecule has 0 aromatic heterocycles. The van der Waals surface area contributed by atoms with Gasteiger partial charge in [-0.05, 0) is 36.8 Å². The van der Waals surface area contributed by atoms with Gasteiger partial charge < -0.3 is 0 Å². The minimum Gasteiger partial charge on any atom is -0.224 e. The zero-order chi connectivity index (χ0) is 14.8. The van der Waals surface area contributed by atoms with Crippen LogP contribution in [0.3, 0.4) is 0 Å². The third kappa shape index (κ3) is 3.79. The highest BCUT2D eigenvalue weighted by Crippen LogP contribution is 2.27. The standard InChI is InChI=1S/C15H14FIO2S/c1-11-2-8-14(9-3-11)20(18,19)10-15(17)12-4-6-13(16)7-5-12/h2-9,15H,10H2,1H3. The highest BCUT2D eigenvalue weighted by molar-refractivity contribution is 14.1. The van der Waals surface area contributed by atoms with Gasteiger partial charge in [0.2, 0.25) is 0 Å². The quantitative estimate of drug-likeness (QED) is 0.569. The molecule has 0 radical (unpaired) electrons. The number of hydrogen-bond donors (Lipinski definition) is 0. The summed E-state index contributed by atoms with van der Waals surface area (Å²) in [7, 11) is -3.34. The fourth-order valence-electron chi connectivity index (χ4n) is 1.80. The molecule has 2 nitrogen and oxygen atoms in total. The van der Waals surface area contributed by atoms with E-state index in [4.69, 9.17) is 0 Å². The summed E-state index contributed by atoms with van der Waals surface area (Å²) in [5.41, 5.74) is 1.83. The summed E-state index contributed by atoms with van der Waals surface area (Å²) in [6.45, 7) is 1.91. The lowest BCUT2D eigenvalue weighted by Gasteiger charge is -2.11. The van der Waals surface area contributed by atoms with Crippen molar-refractivity contribution in [1.82, 2.24) is 0 Å². The normalized spacial score (nSPS) is 13.2. The Hall–Kier alpha value is -0.950. The molecule has 0 saturated carbocycles. The molecule has 106 valence electrons. The molecule has 0 bridgehead atoms. The second-order valence-electron chi connectivity index (χ2n) is 4.61. The molecule has 0 aliphatic carbocycles. The fraction of sp³-hybridized carbons (Fsp3) is 0.200. The van der Waals surface area contributed by atoms with Gasteiger partial charge in [0.25, 0.3) is 0 Å². The van der Waals surface area contributed by atoms with E-state index >= 15 is 0 Å². The van der Waals surface area contributed by atoms with Gasteiger partial charge in [0.15, 0.2) is 9.84 Å². The van der Waals surface area contributed by atoms with Gasteiger partial charge >= 0.3 is 0 Å². The summed E-state index contributed by atoms with van der Waals surface area (Å²) in [6.07, 6.45) is 0. The third-order valence-electron chi connectivity index (χ3n) is 2.98. The van der Waals surface area contributed by atoms with E-state index in [0.717, 1.165) is 11.1 Å². The molecule has 2 rings (SSSR count). The highest BCUT2D eigenvalue weighted by Gasteiger charge is 2.20. The maximum Gasteiger partial charge on any atom is 0.179 e. The van der Waals surface area contributed by atoms with Gasteiger partial charge in [-0.25, -0.2) is 12.8 Å². The van der Waals surface area contributed by atoms with Crippen molar-refractivity contribution in [3.63, 3.8) is 0 Å². The molecular formula is C15H14FIO2S. The van der Waals surface area contributed by atoms with Gasteiger partial charge in [0.05, 0.1) is 14.6 Å². The van der Waals surface area contributed by atoms with E-state index in [2.05, 4.69) is 22.6 Å². The van der Waals surface area contributed by atoms with Crippen molar-refractivity contribution < 1.29 is 12.8 Å². The Balaban J connectivity index is 2.19. The molecule has 1 atom stereocenters. The maximum absolute atomic E-state index is 12.9. The molecule has 20 heavy (non-hydrogen) atoms. The molecule has 2 aromatic rings. The van der Waals surface area contributed by atoms with Crippen LogP contribution < -0.4 is 0 Å². The van der Waals surface area contributed by atoms with Crippen LogP contribution in [0.2, 0.25) is 0 Å². The molecule has 0 fully saturated rings. The van der Waals surface area contributed by atoms with E-state index in [-0.39, 0.29) is 15.5 Å². The van der Waals surface area contributed by atoms with Crippen molar-refractivity contribution in [2.45, 2.75) is 15.7 Å². The predicted molar refractivity (Wildman–Crippen MR) is 86.4 cm³/mol. The first-order valence-corrected chi connectivity index (χ1v) is 8.97. The lowest BCUT2D eigenvalue weighted by molar-refractivity contribution is 0.595. The molecule has 0 spiro atoms. The Morgan fingerprint density at radius 1 is 1.05 bits per heavy atom. The van der Waals surface area contributed by atoms with Crippen molar-refractivity contribution in [2.24, 2.45) is 0 Å². The minimum absolute atomic E-state index is 0.00224. The van der Waals surface area contributed by atoms with Gasteiger partial charge in [-0.1, -0.05) is 52.4 Å². The van der Waals surface area contributed by atoms with E-state index in [1.807, 2.05) is 6.92 Å². The van der Waals surface area contributed by atoms with E-state index in [0.29, 0.717) is 4.90 Å². The van der Waals surface area contributed by atoms with Crippen LogP contribution in [0.5, 0.6) is 0 Å². The van der Waals surface area contributed by atoms with Gasteiger partial charge in [-0.2, -0.15) is 0 Å². The average Bonchev–Trinajstić information content (AvgIpc) is 2.39. The van der Waals surface area contributed by atoms with Gasteiger partial charge in [-0.15, -0.1) is 0 Å². The van der Waals surface area contributed by atoms with Crippen LogP contribution in [0.15, 0.2) is 53.4 Å². The Morgan fingerprint density at radius 2 is 1.60 bits per heavy atom. The van der Waals surface area contributed by atoms with Crippen LogP contribution in [-0.2, 0) is 9.84 Å². The monoisotopic (exact) mass is 404 g/mol. The first kappa shape index (κ1) is 15.4. The summed E-state index contributed by atoms with van der Waals surface area (Å²) in [6, 6.07) is 12.8. The molecule has 2 aromatic carbocycles. The average molecular weight is 404 g/mol. The maximum atomic E-state index is 12.9. The molecule has 1 unspecified atom stereocenters. The number of rotatable bonds is 4. The molecule has 0 aliphatic heterocycles. The van der Waals surface area contributed by atoms with Crippen molar-refractivity contribution >= 4 is 32.4 Å². The second kappa shape index (κ2) is 6.22. The molecule has 0 heterocycles. The lowest BCUT2D eigenvalue weighted by atomic mass is 10.2. The number of sulfone groups is 1. The molecule has 0 N–H and O–H groups in total. The first-order valence-electron chi connectivity index (χ1n) is 6.07. The molecule has 0 amide bonds. The lowest BCUT2D eigenvalue weighted by Crippen LogP contribution is -2.11. The van der Waals surface area contributed by atoms with Crippen LogP contribution in [0.25, 0.3) is 0 Å². The van der Waals surface area contributed by atoms with E-state index < -0.39 is 9.84 Å². The van der Waals surface area contributed by atoms with Crippen LogP contribution in [0.4, 0.5) is 4.39 Å². The van der Waals surface area contributed by atoms with Crippen LogP contribution in [0, 0.1) is 12.7 Å². The number of alkyl halides is 1. The minimum atomic E-state index is -3.34. The first-order chi connectivity index (χ1) is 9.38. The SMILES string of the molecule is Cc1ccc(S(=O)(=O)CC(I)c2ccc(F)cc2)cc1. The third-order valence-corrected chi connectivity index (χ3v) is 6.50. The van der Waals surface area contributed by atoms with Crippen molar-refractivity contribution in [3.05, 3.63) is 65.5 Å². The van der Waals surface area contributed by atoms with Crippen molar-refractivity contribution in [2.75, 3.05) is 5.75 Å². The summed E-state index contributed by atoms with van der Waals surface area (Å²) >= 11 is 2.08. The number of hydrogen-bond acceptors (Lipinski definition) is 2. The van der Waals surface area contributed by atoms with Crippen LogP contribution in [0.1, 0.15) is 15.1 Å². The topological polar surface area (TPSA) is 34.1 Å². The van der Waals surface area contributed by atoms with Gasteiger partial charge in [0.1, 0.15) is 5.82 Å². The van der Waals surface area contributed by atoms with E-state index in [1.54, 1.807) is 36.4 Å². The Bertz CT molecular complexity index is 679. The Labute approximate surface area is 132 Å². The second-order valence-corrected chi connectivity index (χ2v) is 8.15. The summed E-state index contributed by atoms with van der Waals surface area (Å²) in [5.74, 6) is -0.318. The largest absolute Gasteiger partial charge is 0.224 e. The van der Waals surface area contributed by atoms with E-state index in [1.165, 1.54) is 12.1 Å². The number of benzene rings is 2. The summed E-state index contributed by atoms with van der Waals surface area (Å²) in [5, 5.41) is 0. The molecule has 0 aliphatic rings. The number of aryl methyl sites for hydroxylation is 1. The fourth-order valence-corrected chi connectivity index (χ4v) is 4.96. The van der Waals surface area contributed by atoms with Gasteiger partial charge in [-0.3, -0.25) is 0 Å². The zero-order valence-electron chi connectivity index (χ0n) is 10.9. The highest BCUT2D eigenvalue weighted by atomic mass is 127. The van der Waals surface area contributed by atoms with E-state index in [9.17, 15) is 12.8 Å². The number of halogens is 2. The Morgan fingerprint density at radius 3 is 2.15 bits per heavy atom. The van der Waals surface area contributed by atoms with Crippen LogP contribution >= 0.6 is 22.6 Å². The predicted octanol–water partition coefficient (Wildman–Crippen LogP) is 4.08. The zero-order valence-corrected chi connectivity index (χ0v) is 13.9. The Kier molecular flexibility index (Phi) is 4.80. The van der Waals surface area contributed by atoms with Gasteiger partial charge in [0, 0.05) is 0 Å². The van der Waals surface area contributed by atoms with Crippen LogP contribution in [-0.4, -0.2) is 14.2 Å². The molecular weight excluding hydrogens is 390 g/mol. The summed E-state index contributed by atoms with van der Waals surface area (Å²) < 4.78 is 37.3. The molecule has 0 saturated heterocycles. The summed E-state index contributed by atoms with van der Waals surface area (Å²) in [4.78, 5) is 0.326.